The number of furan rings is 1. The molecule has 0 spiro atoms. The van der Waals surface area contributed by atoms with E-state index in [-0.39, 0.29) is 0 Å². The average Bonchev–Trinajstić information content (AvgIpc) is 3.10. The Hall–Kier alpha value is -2.43. The maximum absolute atomic E-state index is 7.50. The Morgan fingerprint density at radius 2 is 2.38 bits per heavy atom. The van der Waals surface area contributed by atoms with Crippen LogP contribution in [0.1, 0.15) is 6.42 Å². The third-order valence-electron chi connectivity index (χ3n) is 3.28. The third-order valence-corrected chi connectivity index (χ3v) is 3.58. The van der Waals surface area contributed by atoms with Gasteiger partial charge in [-0.15, -0.1) is 0 Å². The molecule has 6 nitrogen and oxygen atoms in total. The summed E-state index contributed by atoms with van der Waals surface area (Å²) < 4.78 is 7.92. The molecule has 3 heterocycles. The Morgan fingerprint density at radius 1 is 1.52 bits per heavy atom. The van der Waals surface area contributed by atoms with E-state index in [1.807, 2.05) is 10.6 Å². The number of rotatable bonds is 4. The normalized spacial score (nSPS) is 10.9. The maximum Gasteiger partial charge on any atom is 0.238 e. The molecule has 0 fully saturated rings. The minimum atomic E-state index is 0.462. The van der Waals surface area contributed by atoms with Crippen molar-refractivity contribution in [1.82, 2.24) is 14.5 Å². The van der Waals surface area contributed by atoms with E-state index in [4.69, 9.17) is 28.9 Å². The van der Waals surface area contributed by atoms with Gasteiger partial charge >= 0.3 is 0 Å². The largest absolute Gasteiger partial charge is 0.464 e. The van der Waals surface area contributed by atoms with Crippen molar-refractivity contribution in [3.63, 3.8) is 0 Å². The van der Waals surface area contributed by atoms with E-state index in [0.29, 0.717) is 40.4 Å². The zero-order chi connectivity index (χ0) is 14.8. The van der Waals surface area contributed by atoms with Crippen LogP contribution in [0.15, 0.2) is 29.1 Å². The number of H-pyrrole nitrogens is 1. The molecule has 0 aliphatic carbocycles. The lowest BCUT2D eigenvalue weighted by Crippen LogP contribution is -2.07. The molecule has 0 atom stereocenters. The molecule has 3 aromatic rings. The molecule has 0 aliphatic heterocycles. The van der Waals surface area contributed by atoms with Crippen LogP contribution in [0, 0.1) is 11.2 Å². The van der Waals surface area contributed by atoms with Gasteiger partial charge in [0.25, 0.3) is 0 Å². The first kappa shape index (κ1) is 13.5. The fraction of sp³-hybridized carbons (Fsp3) is 0.214. The Morgan fingerprint density at radius 3 is 3.05 bits per heavy atom. The molecule has 106 valence electrons. The Bertz CT molecular complexity index is 869. The predicted octanol–water partition coefficient (Wildman–Crippen LogP) is 3.25. The quantitative estimate of drug-likeness (QED) is 0.572. The number of hydrogen-bond donors (Lipinski definition) is 2. The zero-order valence-electron chi connectivity index (χ0n) is 11.2. The topological polar surface area (TPSA) is 77.1 Å². The highest BCUT2D eigenvalue weighted by atomic mass is 32.1. The summed E-state index contributed by atoms with van der Waals surface area (Å²) in [5.41, 5.74) is 8.26. The number of nitrogens with zero attached hydrogens (tertiary/aromatic N) is 3. The lowest BCUT2D eigenvalue weighted by molar-refractivity contribution is 0.571. The van der Waals surface area contributed by atoms with Crippen molar-refractivity contribution in [1.29, 1.82) is 0 Å². The van der Waals surface area contributed by atoms with E-state index < -0.39 is 0 Å². The highest BCUT2D eigenvalue weighted by molar-refractivity contribution is 7.71. The standard InChI is InChI=1S/C14H13N5OS/c1-16-10-11-13(14(21)18-8-17-11)19(6-3-5-15)12(10)9-4-2-7-20-9/h2,4,7-8H,3,5-6,15H2,(H,17,18,21). The van der Waals surface area contributed by atoms with Crippen molar-refractivity contribution in [3.05, 3.63) is 40.8 Å². The third kappa shape index (κ3) is 2.14. The van der Waals surface area contributed by atoms with Gasteiger partial charge in [0.05, 0.1) is 35.9 Å². The van der Waals surface area contributed by atoms with Crippen LogP contribution in [0.25, 0.3) is 27.3 Å². The smallest absolute Gasteiger partial charge is 0.238 e. The molecule has 3 aromatic heterocycles. The average molecular weight is 299 g/mol. The summed E-state index contributed by atoms with van der Waals surface area (Å²) in [5, 5.41) is 0. The minimum Gasteiger partial charge on any atom is -0.464 e. The van der Waals surface area contributed by atoms with Crippen molar-refractivity contribution in [2.24, 2.45) is 5.73 Å². The van der Waals surface area contributed by atoms with E-state index in [1.165, 1.54) is 6.33 Å². The molecular formula is C14H13N5OS. The molecule has 0 unspecified atom stereocenters. The van der Waals surface area contributed by atoms with E-state index in [9.17, 15) is 0 Å². The highest BCUT2D eigenvalue weighted by Crippen LogP contribution is 2.39. The molecule has 0 bridgehead atoms. The summed E-state index contributed by atoms with van der Waals surface area (Å²) in [5.74, 6) is 0.636. The molecule has 0 radical (unpaired) electrons. The zero-order valence-corrected chi connectivity index (χ0v) is 12.0. The number of hydrogen-bond acceptors (Lipinski definition) is 4. The highest BCUT2D eigenvalue weighted by Gasteiger charge is 2.21. The van der Waals surface area contributed by atoms with Crippen molar-refractivity contribution in [2.45, 2.75) is 13.0 Å². The summed E-state index contributed by atoms with van der Waals surface area (Å²) in [4.78, 5) is 10.8. The van der Waals surface area contributed by atoms with Gasteiger partial charge in [0.15, 0.2) is 4.64 Å². The molecule has 3 N–H and O–H groups in total. The number of aromatic nitrogens is 3. The fourth-order valence-corrected chi connectivity index (χ4v) is 2.69. The van der Waals surface area contributed by atoms with Gasteiger partial charge in [-0.1, -0.05) is 12.2 Å². The Kier molecular flexibility index (Phi) is 3.56. The number of nitrogens with two attached hydrogens (primary N) is 1. The van der Waals surface area contributed by atoms with Crippen LogP contribution in [0.4, 0.5) is 5.69 Å². The molecule has 0 amide bonds. The second kappa shape index (κ2) is 5.52. The van der Waals surface area contributed by atoms with Gasteiger partial charge in [0.1, 0.15) is 5.76 Å². The molecular weight excluding hydrogens is 286 g/mol. The number of fused-ring (bicyclic) bond motifs is 1. The van der Waals surface area contributed by atoms with Crippen LogP contribution in [-0.4, -0.2) is 21.1 Å². The lowest BCUT2D eigenvalue weighted by Gasteiger charge is -2.08. The SMILES string of the molecule is [C-]#[N+]c1c(-c2ccco2)n(CCCN)c2c(=S)nc[nH]c12. The van der Waals surface area contributed by atoms with Crippen LogP contribution in [0.5, 0.6) is 0 Å². The number of aromatic amines is 1. The van der Waals surface area contributed by atoms with Crippen LogP contribution in [-0.2, 0) is 6.54 Å². The first-order chi connectivity index (χ1) is 10.3. The van der Waals surface area contributed by atoms with E-state index >= 15 is 0 Å². The van der Waals surface area contributed by atoms with Crippen molar-refractivity contribution in [3.8, 4) is 11.5 Å². The van der Waals surface area contributed by atoms with Crippen LogP contribution >= 0.6 is 12.2 Å². The molecule has 0 saturated carbocycles. The van der Waals surface area contributed by atoms with Gasteiger partial charge in [-0.2, -0.15) is 0 Å². The van der Waals surface area contributed by atoms with Gasteiger partial charge in [-0.25, -0.2) is 9.83 Å². The van der Waals surface area contributed by atoms with Crippen molar-refractivity contribution < 1.29 is 4.42 Å². The Balaban J connectivity index is 2.41. The summed E-state index contributed by atoms with van der Waals surface area (Å²) in [6.45, 7) is 8.71. The molecule has 3 rings (SSSR count). The first-order valence-corrected chi connectivity index (χ1v) is 6.90. The summed E-state index contributed by atoms with van der Waals surface area (Å²) in [6.07, 6.45) is 3.88. The van der Waals surface area contributed by atoms with Crippen LogP contribution in [0.2, 0.25) is 0 Å². The van der Waals surface area contributed by atoms with Gasteiger partial charge in [0, 0.05) is 6.54 Å². The van der Waals surface area contributed by atoms with Gasteiger partial charge in [-0.05, 0) is 25.1 Å². The molecule has 0 saturated heterocycles. The molecule has 21 heavy (non-hydrogen) atoms. The summed E-state index contributed by atoms with van der Waals surface area (Å²) >= 11 is 5.33. The monoisotopic (exact) mass is 299 g/mol. The van der Waals surface area contributed by atoms with Gasteiger partial charge < -0.3 is 19.7 Å². The van der Waals surface area contributed by atoms with E-state index in [2.05, 4.69) is 14.8 Å². The van der Waals surface area contributed by atoms with Crippen molar-refractivity contribution in [2.75, 3.05) is 6.54 Å². The molecule has 0 aromatic carbocycles. The summed E-state index contributed by atoms with van der Waals surface area (Å²) in [7, 11) is 0. The van der Waals surface area contributed by atoms with E-state index in [0.717, 1.165) is 11.9 Å². The minimum absolute atomic E-state index is 0.462. The number of nitrogens with one attached hydrogen (secondary N) is 1. The molecule has 0 aliphatic rings. The lowest BCUT2D eigenvalue weighted by atomic mass is 10.2. The Labute approximate surface area is 126 Å². The second-order valence-electron chi connectivity index (χ2n) is 4.51. The van der Waals surface area contributed by atoms with Crippen LogP contribution < -0.4 is 5.73 Å². The van der Waals surface area contributed by atoms with Crippen LogP contribution in [0.3, 0.4) is 0 Å². The molecule has 7 heteroatoms. The van der Waals surface area contributed by atoms with Gasteiger partial charge in [-0.3, -0.25) is 0 Å². The van der Waals surface area contributed by atoms with E-state index in [1.54, 1.807) is 12.3 Å². The maximum atomic E-state index is 7.50. The second-order valence-corrected chi connectivity index (χ2v) is 4.90. The fourth-order valence-electron chi connectivity index (χ4n) is 2.43. The predicted molar refractivity (Wildman–Crippen MR) is 82.6 cm³/mol. The van der Waals surface area contributed by atoms with Gasteiger partial charge in [0.2, 0.25) is 5.69 Å². The number of aryl methyl sites for hydroxylation is 1. The van der Waals surface area contributed by atoms with Crippen molar-refractivity contribution >= 4 is 28.9 Å². The first-order valence-electron chi connectivity index (χ1n) is 6.49. The summed E-state index contributed by atoms with van der Waals surface area (Å²) in [6, 6.07) is 3.63.